The van der Waals surface area contributed by atoms with Crippen LogP contribution < -0.4 is 9.46 Å². The van der Waals surface area contributed by atoms with Gasteiger partial charge in [0.05, 0.1) is 28.8 Å². The van der Waals surface area contributed by atoms with E-state index in [0.717, 1.165) is 12.8 Å². The number of nitrogens with zero attached hydrogens (tertiary/aromatic N) is 1. The summed E-state index contributed by atoms with van der Waals surface area (Å²) in [5.41, 5.74) is 0.975. The molecule has 1 heterocycles. The zero-order valence-electron chi connectivity index (χ0n) is 14.9. The van der Waals surface area contributed by atoms with Gasteiger partial charge in [-0.15, -0.1) is 0 Å². The van der Waals surface area contributed by atoms with Crippen LogP contribution in [0.5, 0.6) is 5.75 Å². The SMILES string of the molecule is COc1ccc(S(=O)(=O)Nc2cccc3c2C(=O)N(C2CC2)C3=O)c(C)c1. The monoisotopic (exact) mass is 386 g/mol. The average molecular weight is 386 g/mol. The van der Waals surface area contributed by atoms with Crippen LogP contribution in [0.1, 0.15) is 39.1 Å². The highest BCUT2D eigenvalue weighted by molar-refractivity contribution is 7.92. The maximum Gasteiger partial charge on any atom is 0.263 e. The van der Waals surface area contributed by atoms with Crippen LogP contribution in [0.25, 0.3) is 0 Å². The summed E-state index contributed by atoms with van der Waals surface area (Å²) < 4.78 is 33.3. The Morgan fingerprint density at radius 2 is 1.85 bits per heavy atom. The number of benzene rings is 2. The largest absolute Gasteiger partial charge is 0.497 e. The molecule has 1 aliphatic heterocycles. The van der Waals surface area contributed by atoms with Crippen molar-refractivity contribution in [2.45, 2.75) is 30.7 Å². The zero-order chi connectivity index (χ0) is 19.3. The summed E-state index contributed by atoms with van der Waals surface area (Å²) in [6.07, 6.45) is 1.58. The van der Waals surface area contributed by atoms with Crippen LogP contribution in [0.2, 0.25) is 0 Å². The Morgan fingerprint density at radius 1 is 1.11 bits per heavy atom. The molecule has 0 spiro atoms. The van der Waals surface area contributed by atoms with Crippen LogP contribution in [0.3, 0.4) is 0 Å². The lowest BCUT2D eigenvalue weighted by Crippen LogP contribution is -2.31. The van der Waals surface area contributed by atoms with Crippen molar-refractivity contribution in [2.24, 2.45) is 0 Å². The van der Waals surface area contributed by atoms with Gasteiger partial charge in [0.2, 0.25) is 0 Å². The highest BCUT2D eigenvalue weighted by Crippen LogP contribution is 2.38. The fourth-order valence-corrected chi connectivity index (χ4v) is 4.60. The van der Waals surface area contributed by atoms with Crippen LogP contribution in [-0.2, 0) is 10.0 Å². The molecule has 2 aromatic rings. The summed E-state index contributed by atoms with van der Waals surface area (Å²) >= 11 is 0. The van der Waals surface area contributed by atoms with Gasteiger partial charge in [-0.25, -0.2) is 8.42 Å². The molecule has 27 heavy (non-hydrogen) atoms. The number of hydrogen-bond acceptors (Lipinski definition) is 5. The number of fused-ring (bicyclic) bond motifs is 1. The molecule has 0 radical (unpaired) electrons. The number of imide groups is 1. The molecule has 2 amide bonds. The maximum atomic E-state index is 12.9. The molecule has 0 saturated heterocycles. The molecule has 4 rings (SSSR count). The van der Waals surface area contributed by atoms with Crippen molar-refractivity contribution < 1.29 is 22.7 Å². The molecule has 0 unspecified atom stereocenters. The summed E-state index contributed by atoms with van der Waals surface area (Å²) in [5, 5.41) is 0. The number of ether oxygens (including phenoxy) is 1. The van der Waals surface area contributed by atoms with Gasteiger partial charge in [0, 0.05) is 6.04 Å². The van der Waals surface area contributed by atoms with Gasteiger partial charge in [-0.3, -0.25) is 19.2 Å². The van der Waals surface area contributed by atoms with E-state index in [2.05, 4.69) is 4.72 Å². The number of sulfonamides is 1. The summed E-state index contributed by atoms with van der Waals surface area (Å²) in [7, 11) is -2.44. The topological polar surface area (TPSA) is 92.8 Å². The number of carbonyl (C=O) groups excluding carboxylic acids is 2. The number of amides is 2. The molecule has 0 bridgehead atoms. The molecule has 2 aromatic carbocycles. The van der Waals surface area contributed by atoms with E-state index in [1.165, 1.54) is 24.1 Å². The van der Waals surface area contributed by atoms with Crippen molar-refractivity contribution in [3.63, 3.8) is 0 Å². The van der Waals surface area contributed by atoms with Gasteiger partial charge in [-0.05, 0) is 55.7 Å². The van der Waals surface area contributed by atoms with E-state index in [4.69, 9.17) is 4.74 Å². The van der Waals surface area contributed by atoms with Crippen LogP contribution in [0.15, 0.2) is 41.3 Å². The minimum absolute atomic E-state index is 0.0781. The van der Waals surface area contributed by atoms with E-state index in [9.17, 15) is 18.0 Å². The molecule has 1 fully saturated rings. The Balaban J connectivity index is 1.72. The highest BCUT2D eigenvalue weighted by atomic mass is 32.2. The van der Waals surface area contributed by atoms with Crippen LogP contribution >= 0.6 is 0 Å². The quantitative estimate of drug-likeness (QED) is 0.797. The lowest BCUT2D eigenvalue weighted by atomic mass is 10.1. The van der Waals surface area contributed by atoms with Crippen molar-refractivity contribution >= 4 is 27.5 Å². The van der Waals surface area contributed by atoms with Crippen molar-refractivity contribution in [3.05, 3.63) is 53.1 Å². The fraction of sp³-hybridized carbons (Fsp3) is 0.263. The van der Waals surface area contributed by atoms with E-state index in [0.29, 0.717) is 11.3 Å². The molecule has 0 atom stereocenters. The van der Waals surface area contributed by atoms with E-state index in [-0.39, 0.29) is 33.7 Å². The molecule has 1 saturated carbocycles. The Bertz CT molecular complexity index is 1070. The van der Waals surface area contributed by atoms with E-state index >= 15 is 0 Å². The summed E-state index contributed by atoms with van der Waals surface area (Å²) in [6, 6.07) is 9.16. The van der Waals surface area contributed by atoms with Crippen molar-refractivity contribution in [1.82, 2.24) is 4.90 Å². The fourth-order valence-electron chi connectivity index (χ4n) is 3.30. The predicted molar refractivity (Wildman–Crippen MR) is 98.5 cm³/mol. The Hall–Kier alpha value is -2.87. The molecular weight excluding hydrogens is 368 g/mol. The molecule has 1 aliphatic carbocycles. The minimum atomic E-state index is -3.94. The zero-order valence-corrected chi connectivity index (χ0v) is 15.7. The second-order valence-corrected chi connectivity index (χ2v) is 8.33. The molecule has 2 aliphatic rings. The van der Waals surface area contributed by atoms with Gasteiger partial charge in [-0.1, -0.05) is 6.07 Å². The average Bonchev–Trinajstić information content (AvgIpc) is 3.41. The molecule has 7 nitrogen and oxygen atoms in total. The number of carbonyl (C=O) groups is 2. The van der Waals surface area contributed by atoms with Gasteiger partial charge >= 0.3 is 0 Å². The molecule has 8 heteroatoms. The maximum absolute atomic E-state index is 12.9. The predicted octanol–water partition coefficient (Wildman–Crippen LogP) is 2.56. The first-order valence-corrected chi connectivity index (χ1v) is 10.00. The van der Waals surface area contributed by atoms with Gasteiger partial charge in [0.25, 0.3) is 21.8 Å². The number of anilines is 1. The third kappa shape index (κ3) is 2.86. The third-order valence-electron chi connectivity index (χ3n) is 4.77. The third-order valence-corrected chi connectivity index (χ3v) is 6.30. The lowest BCUT2D eigenvalue weighted by molar-refractivity contribution is 0.0643. The highest BCUT2D eigenvalue weighted by Gasteiger charge is 2.45. The lowest BCUT2D eigenvalue weighted by Gasteiger charge is -2.14. The number of nitrogens with one attached hydrogen (secondary N) is 1. The van der Waals surface area contributed by atoms with Gasteiger partial charge < -0.3 is 4.74 Å². The van der Waals surface area contributed by atoms with Crippen molar-refractivity contribution in [1.29, 1.82) is 0 Å². The number of hydrogen-bond donors (Lipinski definition) is 1. The number of aryl methyl sites for hydroxylation is 1. The van der Waals surface area contributed by atoms with Crippen LogP contribution in [0.4, 0.5) is 5.69 Å². The Morgan fingerprint density at radius 3 is 2.48 bits per heavy atom. The molecular formula is C19H18N2O5S. The van der Waals surface area contributed by atoms with Crippen molar-refractivity contribution in [3.8, 4) is 5.75 Å². The molecule has 0 aromatic heterocycles. The van der Waals surface area contributed by atoms with E-state index in [1.54, 1.807) is 31.2 Å². The van der Waals surface area contributed by atoms with Gasteiger partial charge in [-0.2, -0.15) is 0 Å². The normalized spacial score (nSPS) is 16.4. The number of methoxy groups -OCH3 is 1. The van der Waals surface area contributed by atoms with Crippen LogP contribution in [-0.4, -0.2) is 38.3 Å². The second kappa shape index (κ2) is 6.09. The second-order valence-electron chi connectivity index (χ2n) is 6.68. The Labute approximate surface area is 157 Å². The first-order chi connectivity index (χ1) is 12.8. The summed E-state index contributed by atoms with van der Waals surface area (Å²) in [6.45, 7) is 1.66. The Kier molecular flexibility index (Phi) is 3.96. The summed E-state index contributed by atoms with van der Waals surface area (Å²) in [4.78, 5) is 26.6. The van der Waals surface area contributed by atoms with E-state index in [1.807, 2.05) is 0 Å². The van der Waals surface area contributed by atoms with Gasteiger partial charge in [0.15, 0.2) is 0 Å². The first-order valence-electron chi connectivity index (χ1n) is 8.52. The van der Waals surface area contributed by atoms with Gasteiger partial charge in [0.1, 0.15) is 5.75 Å². The minimum Gasteiger partial charge on any atom is -0.497 e. The molecule has 1 N–H and O–H groups in total. The first kappa shape index (κ1) is 17.5. The molecule has 140 valence electrons. The number of rotatable bonds is 5. The van der Waals surface area contributed by atoms with E-state index < -0.39 is 15.9 Å². The van der Waals surface area contributed by atoms with Crippen LogP contribution in [0, 0.1) is 6.92 Å². The summed E-state index contributed by atoms with van der Waals surface area (Å²) in [5.74, 6) is -0.255. The van der Waals surface area contributed by atoms with Crippen molar-refractivity contribution in [2.75, 3.05) is 11.8 Å². The smallest absolute Gasteiger partial charge is 0.263 e. The standard InChI is InChI=1S/C19H18N2O5S/c1-11-10-13(26-2)8-9-16(11)27(24,25)20-15-5-3-4-14-17(15)19(23)21(18(14)22)12-6-7-12/h3-5,8-10,12,20H,6-7H2,1-2H3.